The summed E-state index contributed by atoms with van der Waals surface area (Å²) in [7, 11) is 0. The first kappa shape index (κ1) is 17.3. The number of hydrogen-bond donors (Lipinski definition) is 0. The van der Waals surface area contributed by atoms with Gasteiger partial charge in [-0.1, -0.05) is 5.16 Å². The fraction of sp³-hybridized carbons (Fsp3) is 0.368. The Labute approximate surface area is 157 Å². The Morgan fingerprint density at radius 1 is 1.04 bits per heavy atom. The monoisotopic (exact) mass is 366 g/mol. The molecule has 8 heteroatoms. The second-order valence-corrected chi connectivity index (χ2v) is 6.69. The number of anilines is 1. The van der Waals surface area contributed by atoms with Gasteiger partial charge in [0.15, 0.2) is 11.6 Å². The van der Waals surface area contributed by atoms with E-state index in [2.05, 4.69) is 20.3 Å². The van der Waals surface area contributed by atoms with Gasteiger partial charge >= 0.3 is 0 Å². The van der Waals surface area contributed by atoms with Crippen LogP contribution in [0.2, 0.25) is 0 Å². The molecule has 0 spiro atoms. The van der Waals surface area contributed by atoms with E-state index in [1.807, 2.05) is 60.0 Å². The third-order valence-electron chi connectivity index (χ3n) is 4.97. The molecule has 8 nitrogen and oxygen atoms in total. The molecule has 0 saturated carbocycles. The molecule has 4 heterocycles. The highest BCUT2D eigenvalue weighted by Crippen LogP contribution is 2.17. The number of aromatic nitrogens is 4. The molecule has 3 aromatic rings. The van der Waals surface area contributed by atoms with E-state index in [4.69, 9.17) is 4.52 Å². The lowest BCUT2D eigenvalue weighted by atomic mass is 10.1. The van der Waals surface area contributed by atoms with E-state index < -0.39 is 0 Å². The molecule has 140 valence electrons. The summed E-state index contributed by atoms with van der Waals surface area (Å²) in [6.07, 6.45) is 4.21. The third kappa shape index (κ3) is 3.55. The number of carbonyl (C=O) groups excluding carboxylic acids is 1. The molecule has 4 rings (SSSR count). The highest BCUT2D eigenvalue weighted by molar-refractivity contribution is 5.79. The van der Waals surface area contributed by atoms with E-state index >= 15 is 0 Å². The average Bonchev–Trinajstić information content (AvgIpc) is 3.34. The molecule has 0 atom stereocenters. The second-order valence-electron chi connectivity index (χ2n) is 6.69. The molecule has 27 heavy (non-hydrogen) atoms. The minimum absolute atomic E-state index is 0.109. The Morgan fingerprint density at radius 3 is 2.30 bits per heavy atom. The van der Waals surface area contributed by atoms with E-state index in [0.717, 1.165) is 41.7 Å². The number of nitrogens with zero attached hydrogens (tertiary/aromatic N) is 6. The van der Waals surface area contributed by atoms with Gasteiger partial charge in [-0.25, -0.2) is 0 Å². The first-order chi connectivity index (χ1) is 13.1. The summed E-state index contributed by atoms with van der Waals surface area (Å²) in [4.78, 5) is 16.6. The predicted molar refractivity (Wildman–Crippen MR) is 99.8 cm³/mol. The Bertz CT molecular complexity index is 889. The SMILES string of the molecule is Cc1noc(C)c1CC(=O)N1CCN(c2ccc(-n3cccc3)nn2)CC1. The summed E-state index contributed by atoms with van der Waals surface area (Å²) in [5.74, 6) is 2.45. The van der Waals surface area contributed by atoms with Crippen molar-refractivity contribution in [2.75, 3.05) is 31.1 Å². The number of rotatable bonds is 4. The predicted octanol–water partition coefficient (Wildman–Crippen LogP) is 1.76. The van der Waals surface area contributed by atoms with Crippen LogP contribution in [0.3, 0.4) is 0 Å². The number of piperazine rings is 1. The summed E-state index contributed by atoms with van der Waals surface area (Å²) in [5.41, 5.74) is 1.69. The summed E-state index contributed by atoms with van der Waals surface area (Å²) in [6, 6.07) is 7.84. The van der Waals surface area contributed by atoms with E-state index in [-0.39, 0.29) is 5.91 Å². The first-order valence-electron chi connectivity index (χ1n) is 9.03. The summed E-state index contributed by atoms with van der Waals surface area (Å²) < 4.78 is 7.07. The van der Waals surface area contributed by atoms with E-state index in [1.165, 1.54) is 0 Å². The highest BCUT2D eigenvalue weighted by atomic mass is 16.5. The molecule has 0 aromatic carbocycles. The zero-order chi connectivity index (χ0) is 18.8. The Balaban J connectivity index is 1.35. The van der Waals surface area contributed by atoms with Gasteiger partial charge in [0.05, 0.1) is 12.1 Å². The van der Waals surface area contributed by atoms with Crippen LogP contribution in [-0.4, -0.2) is 56.9 Å². The van der Waals surface area contributed by atoms with Crippen LogP contribution in [0.15, 0.2) is 41.2 Å². The molecule has 1 aliphatic heterocycles. The topological polar surface area (TPSA) is 80.3 Å². The van der Waals surface area contributed by atoms with Crippen LogP contribution in [0, 0.1) is 13.8 Å². The van der Waals surface area contributed by atoms with E-state index in [9.17, 15) is 4.79 Å². The molecular formula is C19H22N6O2. The van der Waals surface area contributed by atoms with Crippen molar-refractivity contribution in [2.24, 2.45) is 0 Å². The molecule has 1 amide bonds. The lowest BCUT2D eigenvalue weighted by Gasteiger charge is -2.35. The van der Waals surface area contributed by atoms with E-state index in [1.54, 1.807) is 0 Å². The second kappa shape index (κ2) is 7.22. The van der Waals surface area contributed by atoms with Crippen molar-refractivity contribution in [3.63, 3.8) is 0 Å². The van der Waals surface area contributed by atoms with Crippen LogP contribution in [0.25, 0.3) is 5.82 Å². The quantitative estimate of drug-likeness (QED) is 0.700. The lowest BCUT2D eigenvalue weighted by Crippen LogP contribution is -2.49. The fourth-order valence-electron chi connectivity index (χ4n) is 3.31. The van der Waals surface area contributed by atoms with Crippen molar-refractivity contribution in [1.29, 1.82) is 0 Å². The van der Waals surface area contributed by atoms with Crippen LogP contribution in [0.4, 0.5) is 5.82 Å². The molecule has 0 N–H and O–H groups in total. The van der Waals surface area contributed by atoms with Crippen LogP contribution in [-0.2, 0) is 11.2 Å². The molecule has 1 aliphatic rings. The zero-order valence-electron chi connectivity index (χ0n) is 15.5. The fourth-order valence-corrected chi connectivity index (χ4v) is 3.31. The lowest BCUT2D eigenvalue weighted by molar-refractivity contribution is -0.130. The maximum Gasteiger partial charge on any atom is 0.227 e. The van der Waals surface area contributed by atoms with Gasteiger partial charge < -0.3 is 18.9 Å². The molecule has 1 fully saturated rings. The van der Waals surface area contributed by atoms with Crippen molar-refractivity contribution >= 4 is 11.7 Å². The minimum Gasteiger partial charge on any atom is -0.361 e. The molecule has 3 aromatic heterocycles. The minimum atomic E-state index is 0.109. The number of hydrogen-bond acceptors (Lipinski definition) is 6. The maximum atomic E-state index is 12.6. The van der Waals surface area contributed by atoms with Crippen molar-refractivity contribution in [2.45, 2.75) is 20.3 Å². The Hall–Kier alpha value is -3.16. The maximum absolute atomic E-state index is 12.6. The molecule has 1 saturated heterocycles. The Kier molecular flexibility index (Phi) is 4.62. The zero-order valence-corrected chi connectivity index (χ0v) is 15.5. The summed E-state index contributed by atoms with van der Waals surface area (Å²) >= 11 is 0. The third-order valence-corrected chi connectivity index (χ3v) is 4.97. The van der Waals surface area contributed by atoms with Gasteiger partial charge in [0.25, 0.3) is 0 Å². The molecule has 0 aliphatic carbocycles. The van der Waals surface area contributed by atoms with Crippen molar-refractivity contribution in [1.82, 2.24) is 24.8 Å². The van der Waals surface area contributed by atoms with Gasteiger partial charge in [-0.3, -0.25) is 4.79 Å². The average molecular weight is 366 g/mol. The van der Waals surface area contributed by atoms with Gasteiger partial charge in [-0.05, 0) is 38.1 Å². The van der Waals surface area contributed by atoms with Crippen LogP contribution in [0.5, 0.6) is 0 Å². The normalized spacial score (nSPS) is 14.6. The highest BCUT2D eigenvalue weighted by Gasteiger charge is 2.24. The van der Waals surface area contributed by atoms with Crippen LogP contribution >= 0.6 is 0 Å². The van der Waals surface area contributed by atoms with Crippen LogP contribution in [0.1, 0.15) is 17.0 Å². The molecule has 0 bridgehead atoms. The Morgan fingerprint density at radius 2 is 1.70 bits per heavy atom. The van der Waals surface area contributed by atoms with Crippen molar-refractivity contribution in [3.8, 4) is 5.82 Å². The summed E-state index contributed by atoms with van der Waals surface area (Å²) in [6.45, 7) is 6.53. The smallest absolute Gasteiger partial charge is 0.227 e. The standard InChI is InChI=1S/C19H22N6O2/c1-14-16(15(2)27-22-14)13-19(26)25-11-9-24(10-12-25)18-6-5-17(20-21-18)23-7-3-4-8-23/h3-8H,9-13H2,1-2H3. The number of carbonyl (C=O) groups is 1. The van der Waals surface area contributed by atoms with Crippen molar-refractivity contribution in [3.05, 3.63) is 53.7 Å². The summed E-state index contributed by atoms with van der Waals surface area (Å²) in [5, 5.41) is 12.6. The van der Waals surface area contributed by atoms with Gasteiger partial charge in [0.1, 0.15) is 5.76 Å². The van der Waals surface area contributed by atoms with Gasteiger partial charge in [0.2, 0.25) is 5.91 Å². The molecule has 0 unspecified atom stereocenters. The van der Waals surface area contributed by atoms with Gasteiger partial charge in [0, 0.05) is 44.1 Å². The van der Waals surface area contributed by atoms with Crippen LogP contribution < -0.4 is 4.90 Å². The molecular weight excluding hydrogens is 344 g/mol. The first-order valence-corrected chi connectivity index (χ1v) is 9.03. The largest absolute Gasteiger partial charge is 0.361 e. The van der Waals surface area contributed by atoms with Gasteiger partial charge in [-0.15, -0.1) is 10.2 Å². The molecule has 0 radical (unpaired) electrons. The van der Waals surface area contributed by atoms with Crippen molar-refractivity contribution < 1.29 is 9.32 Å². The number of aryl methyl sites for hydroxylation is 2. The van der Waals surface area contributed by atoms with Gasteiger partial charge in [-0.2, -0.15) is 0 Å². The number of amides is 1. The van der Waals surface area contributed by atoms with E-state index in [0.29, 0.717) is 19.5 Å².